The summed E-state index contributed by atoms with van der Waals surface area (Å²) in [6, 6.07) is 26.2. The Kier molecular flexibility index (Phi) is 7.14. The van der Waals surface area contributed by atoms with Crippen LogP contribution in [0.2, 0.25) is 18.6 Å². The lowest BCUT2D eigenvalue weighted by Crippen LogP contribution is -2.54. The third kappa shape index (κ3) is 4.43. The van der Waals surface area contributed by atoms with Gasteiger partial charge in [-0.2, -0.15) is 0 Å². The van der Waals surface area contributed by atoms with E-state index >= 15 is 0 Å². The highest BCUT2D eigenvalue weighted by molar-refractivity contribution is 6.91. The van der Waals surface area contributed by atoms with Gasteiger partial charge in [0.25, 0.3) is 5.91 Å². The number of hydrogen-bond donors (Lipinski definition) is 1. The van der Waals surface area contributed by atoms with E-state index in [2.05, 4.69) is 32.2 Å². The summed E-state index contributed by atoms with van der Waals surface area (Å²) in [5, 5.41) is 13.5. The third-order valence-electron chi connectivity index (χ3n) is 9.23. The lowest BCUT2D eigenvalue weighted by Gasteiger charge is -2.46. The van der Waals surface area contributed by atoms with Crippen LogP contribution in [0.3, 0.4) is 0 Å². The Bertz CT molecular complexity index is 1600. The molecule has 0 fully saturated rings. The SMILES string of the molecule is COc1ccc([Si](C)(C)C(CCO)[C@H]2Oc3ccc(N4C(=O)c5cccc6cccc4c56)cc3[C@@H](OC)[C@@H]2C)cc1. The Labute approximate surface area is 242 Å². The number of methoxy groups -OCH3 is 2. The molecule has 0 saturated heterocycles. The van der Waals surface area contributed by atoms with Crippen LogP contribution in [0.4, 0.5) is 11.4 Å². The number of nitrogens with zero attached hydrogens (tertiary/aromatic N) is 1. The molecule has 1 unspecified atom stereocenters. The fourth-order valence-corrected chi connectivity index (χ4v) is 10.5. The summed E-state index contributed by atoms with van der Waals surface area (Å²) in [5.41, 5.74) is 3.51. The topological polar surface area (TPSA) is 68.2 Å². The first-order valence-corrected chi connectivity index (χ1v) is 17.3. The van der Waals surface area contributed by atoms with Crippen LogP contribution >= 0.6 is 0 Å². The first-order chi connectivity index (χ1) is 19.8. The number of aliphatic hydroxyl groups excluding tert-OH is 1. The van der Waals surface area contributed by atoms with E-state index < -0.39 is 8.07 Å². The molecule has 41 heavy (non-hydrogen) atoms. The third-order valence-corrected chi connectivity index (χ3v) is 13.5. The molecule has 1 N–H and O–H groups in total. The van der Waals surface area contributed by atoms with Crippen molar-refractivity contribution in [3.8, 4) is 11.5 Å². The maximum absolute atomic E-state index is 13.6. The van der Waals surface area contributed by atoms with Crippen LogP contribution in [0.25, 0.3) is 10.8 Å². The molecule has 6 nitrogen and oxygen atoms in total. The van der Waals surface area contributed by atoms with Crippen molar-refractivity contribution < 1.29 is 24.1 Å². The fraction of sp³-hybridized carbons (Fsp3) is 0.324. The minimum Gasteiger partial charge on any atom is -0.497 e. The summed E-state index contributed by atoms with van der Waals surface area (Å²) in [6.07, 6.45) is 0.288. The van der Waals surface area contributed by atoms with Crippen molar-refractivity contribution in [2.24, 2.45) is 5.92 Å². The van der Waals surface area contributed by atoms with E-state index in [1.165, 1.54) is 5.19 Å². The Morgan fingerprint density at radius 3 is 2.41 bits per heavy atom. The van der Waals surface area contributed by atoms with Crippen LogP contribution in [0.5, 0.6) is 11.5 Å². The Morgan fingerprint density at radius 1 is 1.00 bits per heavy atom. The Hall–Kier alpha value is -3.65. The van der Waals surface area contributed by atoms with Crippen LogP contribution in [-0.4, -0.2) is 46.0 Å². The normalized spacial score (nSPS) is 20.6. The molecule has 0 aromatic heterocycles. The quantitative estimate of drug-likeness (QED) is 0.243. The number of anilines is 2. The van der Waals surface area contributed by atoms with Gasteiger partial charge in [-0.3, -0.25) is 9.69 Å². The zero-order valence-corrected chi connectivity index (χ0v) is 25.3. The van der Waals surface area contributed by atoms with Gasteiger partial charge in [-0.05, 0) is 59.8 Å². The fourth-order valence-electron chi connectivity index (χ4n) is 6.99. The summed E-state index contributed by atoms with van der Waals surface area (Å²) in [6.45, 7) is 6.97. The molecule has 2 aliphatic heterocycles. The molecule has 4 aromatic rings. The molecule has 1 amide bonds. The van der Waals surface area contributed by atoms with E-state index in [0.29, 0.717) is 6.42 Å². The van der Waals surface area contributed by atoms with Gasteiger partial charge in [-0.1, -0.05) is 61.6 Å². The van der Waals surface area contributed by atoms with Gasteiger partial charge in [-0.15, -0.1) is 0 Å². The van der Waals surface area contributed by atoms with Crippen LogP contribution in [0.15, 0.2) is 78.9 Å². The van der Waals surface area contributed by atoms with Crippen LogP contribution < -0.4 is 19.6 Å². The molecule has 2 aliphatic rings. The van der Waals surface area contributed by atoms with Crippen molar-refractivity contribution in [2.45, 2.75) is 44.2 Å². The van der Waals surface area contributed by atoms with Gasteiger partial charge in [0.05, 0.1) is 32.5 Å². The second kappa shape index (κ2) is 10.6. The average Bonchev–Trinajstić information content (AvgIpc) is 3.28. The van der Waals surface area contributed by atoms with Crippen molar-refractivity contribution in [1.29, 1.82) is 0 Å². The van der Waals surface area contributed by atoms with Crippen molar-refractivity contribution in [3.63, 3.8) is 0 Å². The summed E-state index contributed by atoms with van der Waals surface area (Å²) < 4.78 is 18.4. The number of benzene rings is 4. The molecule has 0 radical (unpaired) electrons. The van der Waals surface area contributed by atoms with Gasteiger partial charge in [0, 0.05) is 36.3 Å². The number of fused-ring (bicyclic) bond motifs is 1. The van der Waals surface area contributed by atoms with E-state index in [1.54, 1.807) is 19.1 Å². The molecule has 0 saturated carbocycles. The summed E-state index contributed by atoms with van der Waals surface area (Å²) >= 11 is 0. The van der Waals surface area contributed by atoms with E-state index in [0.717, 1.165) is 44.8 Å². The molecule has 212 valence electrons. The minimum absolute atomic E-state index is 0.0244. The molecular weight excluding hydrogens is 530 g/mol. The molecule has 0 spiro atoms. The summed E-state index contributed by atoms with van der Waals surface area (Å²) in [4.78, 5) is 15.4. The highest BCUT2D eigenvalue weighted by Crippen LogP contribution is 2.49. The molecule has 0 bridgehead atoms. The zero-order chi connectivity index (χ0) is 28.9. The molecule has 2 heterocycles. The van der Waals surface area contributed by atoms with Crippen molar-refractivity contribution in [1.82, 2.24) is 0 Å². The maximum Gasteiger partial charge on any atom is 0.263 e. The Morgan fingerprint density at radius 2 is 1.73 bits per heavy atom. The number of carbonyl (C=O) groups is 1. The smallest absolute Gasteiger partial charge is 0.263 e. The summed E-state index contributed by atoms with van der Waals surface area (Å²) in [5.74, 6) is 1.61. The molecule has 7 heteroatoms. The largest absolute Gasteiger partial charge is 0.497 e. The van der Waals surface area contributed by atoms with E-state index in [9.17, 15) is 9.90 Å². The maximum atomic E-state index is 13.6. The van der Waals surface area contributed by atoms with E-state index in [-0.39, 0.29) is 36.2 Å². The predicted molar refractivity (Wildman–Crippen MR) is 166 cm³/mol. The molecule has 4 aromatic carbocycles. The van der Waals surface area contributed by atoms with Crippen molar-refractivity contribution in [2.75, 3.05) is 25.7 Å². The molecule has 0 aliphatic carbocycles. The lowest BCUT2D eigenvalue weighted by molar-refractivity contribution is -0.0241. The number of aliphatic hydroxyl groups is 1. The standard InChI is InChI=1S/C34H37NO5Si/c1-21-32(39-3)27-20-23(35-28-11-7-9-22-8-6-10-26(31(22)28)34(35)37)12-17-29(27)40-33(21)30(18-19-36)41(4,5)25-15-13-24(38-2)14-16-25/h6-17,20-21,30,32-33,36H,18-19H2,1-5H3/t21-,30?,32-,33-/m0/s1. The van der Waals surface area contributed by atoms with E-state index in [4.69, 9.17) is 14.2 Å². The van der Waals surface area contributed by atoms with Gasteiger partial charge in [0.15, 0.2) is 0 Å². The first kappa shape index (κ1) is 27.5. The van der Waals surface area contributed by atoms with Gasteiger partial charge in [0.1, 0.15) is 17.6 Å². The molecule has 4 atom stereocenters. The number of ether oxygens (including phenoxy) is 3. The van der Waals surface area contributed by atoms with Crippen LogP contribution in [0, 0.1) is 5.92 Å². The number of rotatable bonds is 8. The predicted octanol–water partition coefficient (Wildman–Crippen LogP) is 6.59. The minimum atomic E-state index is -2.11. The van der Waals surface area contributed by atoms with Crippen LogP contribution in [0.1, 0.15) is 35.4 Å². The monoisotopic (exact) mass is 567 g/mol. The molecular formula is C34H37NO5Si. The van der Waals surface area contributed by atoms with Crippen LogP contribution in [-0.2, 0) is 4.74 Å². The van der Waals surface area contributed by atoms with Gasteiger partial charge in [0.2, 0.25) is 0 Å². The summed E-state index contributed by atoms with van der Waals surface area (Å²) in [7, 11) is 1.31. The molecule has 6 rings (SSSR count). The van der Waals surface area contributed by atoms with E-state index in [1.807, 2.05) is 66.7 Å². The lowest BCUT2D eigenvalue weighted by atomic mass is 9.86. The highest BCUT2D eigenvalue weighted by atomic mass is 28.3. The van der Waals surface area contributed by atoms with Gasteiger partial charge >= 0.3 is 0 Å². The second-order valence-corrected chi connectivity index (χ2v) is 16.5. The number of amides is 1. The van der Waals surface area contributed by atoms with Crippen molar-refractivity contribution >= 4 is 41.3 Å². The first-order valence-electron chi connectivity index (χ1n) is 14.2. The van der Waals surface area contributed by atoms with Gasteiger partial charge < -0.3 is 19.3 Å². The number of hydrogen-bond acceptors (Lipinski definition) is 5. The van der Waals surface area contributed by atoms with Gasteiger partial charge in [-0.25, -0.2) is 0 Å². The van der Waals surface area contributed by atoms with Crippen molar-refractivity contribution in [3.05, 3.63) is 90.0 Å². The Balaban J connectivity index is 1.37. The number of carbonyl (C=O) groups excluding carboxylic acids is 1. The highest BCUT2D eigenvalue weighted by Gasteiger charge is 2.47. The zero-order valence-electron chi connectivity index (χ0n) is 24.3. The average molecular weight is 568 g/mol. The second-order valence-electron chi connectivity index (χ2n) is 11.7.